The zero-order chi connectivity index (χ0) is 27.1. The first-order chi connectivity index (χ1) is 19.7. The summed E-state index contributed by atoms with van der Waals surface area (Å²) in [4.78, 5) is 25.0. The molecule has 3 aromatic carbocycles. The monoisotopic (exact) mass is 534 g/mol. The number of amides is 1. The fourth-order valence-electron chi connectivity index (χ4n) is 5.77. The summed E-state index contributed by atoms with van der Waals surface area (Å²) in [6, 6.07) is 24.3. The number of fused-ring (bicyclic) bond motifs is 2. The molecule has 40 heavy (non-hydrogen) atoms. The minimum absolute atomic E-state index is 0.0692. The minimum atomic E-state index is 0.0692. The van der Waals surface area contributed by atoms with Crippen LogP contribution in [0, 0.1) is 12.1 Å². The van der Waals surface area contributed by atoms with E-state index in [2.05, 4.69) is 34.1 Å². The van der Waals surface area contributed by atoms with Gasteiger partial charge in [0, 0.05) is 61.6 Å². The van der Waals surface area contributed by atoms with Crippen molar-refractivity contribution in [1.29, 1.82) is 0 Å². The zero-order valence-electron chi connectivity index (χ0n) is 22.5. The van der Waals surface area contributed by atoms with Gasteiger partial charge >= 0.3 is 0 Å². The van der Waals surface area contributed by atoms with Crippen molar-refractivity contribution in [3.63, 3.8) is 0 Å². The molecule has 1 amide bonds. The second kappa shape index (κ2) is 10.2. The molecule has 0 aromatic heterocycles. The molecule has 4 aliphatic rings. The standard InChI is InChI=1S/C32H30N4O4/c1-38-23-12-10-22(11-13-23)36-30(33-27-8-3-2-6-25(27)31(36)29-21-40-29)14-16-35-20-26-24(32(35)37)7-4-9-28(26)34-15-5-18-39-19-17-34/h2-4,6-10,12H,5,14-21H2,1H3/b31-29+. The van der Waals surface area contributed by atoms with Gasteiger partial charge in [0.25, 0.3) is 5.91 Å². The highest BCUT2D eigenvalue weighted by Crippen LogP contribution is 2.42. The molecule has 0 aliphatic carbocycles. The number of nitrogens with zero attached hydrogens (tertiary/aromatic N) is 4. The number of hydrogen-bond acceptors (Lipinski definition) is 7. The molecule has 8 heteroatoms. The Hall–Kier alpha value is -4.48. The fraction of sp³-hybridized carbons (Fsp3) is 0.312. The molecule has 8 nitrogen and oxygen atoms in total. The molecule has 7 rings (SSSR count). The Labute approximate surface area is 234 Å². The summed E-state index contributed by atoms with van der Waals surface area (Å²) in [5.74, 6) is 2.43. The Morgan fingerprint density at radius 2 is 1.88 bits per heavy atom. The summed E-state index contributed by atoms with van der Waals surface area (Å²) in [5.41, 5.74) is 6.72. The summed E-state index contributed by atoms with van der Waals surface area (Å²) in [6.07, 6.45) is 1.55. The Bertz CT molecular complexity index is 1500. The molecule has 0 unspecified atom stereocenters. The van der Waals surface area contributed by atoms with Gasteiger partial charge in [0.2, 0.25) is 0 Å². The molecule has 0 spiro atoms. The number of hydrogen-bond donors (Lipinski definition) is 0. The number of methoxy groups -OCH3 is 1. The largest absolute Gasteiger partial charge is 0.489 e. The van der Waals surface area contributed by atoms with Crippen molar-refractivity contribution in [2.75, 3.05) is 56.4 Å². The molecule has 4 heterocycles. The van der Waals surface area contributed by atoms with Crippen LogP contribution in [0.4, 0.5) is 17.1 Å². The van der Waals surface area contributed by atoms with Crippen LogP contribution in [0.5, 0.6) is 5.75 Å². The number of benzene rings is 2. The quantitative estimate of drug-likeness (QED) is 0.423. The molecular formula is C32H30N4O4. The van der Waals surface area contributed by atoms with Crippen LogP contribution in [0.1, 0.15) is 34.3 Å². The number of anilines is 2. The average Bonchev–Trinajstić information content (AvgIpc) is 3.82. The van der Waals surface area contributed by atoms with E-state index in [0.717, 1.165) is 77.2 Å². The van der Waals surface area contributed by atoms with Gasteiger partial charge in [0.05, 0.1) is 30.8 Å². The lowest BCUT2D eigenvalue weighted by atomic mass is 10.0. The van der Waals surface area contributed by atoms with Gasteiger partial charge in [-0.2, -0.15) is 0 Å². The van der Waals surface area contributed by atoms with E-state index in [1.165, 1.54) is 0 Å². The maximum Gasteiger partial charge on any atom is 0.254 e. The maximum atomic E-state index is 13.6. The Balaban J connectivity index is 1.18. The highest BCUT2D eigenvalue weighted by molar-refractivity contribution is 6.14. The van der Waals surface area contributed by atoms with Crippen LogP contribution >= 0.6 is 0 Å². The number of amidine groups is 1. The Morgan fingerprint density at radius 3 is 2.70 bits per heavy atom. The average molecular weight is 535 g/mol. The van der Waals surface area contributed by atoms with Crippen LogP contribution in [0.15, 0.2) is 65.3 Å². The summed E-state index contributed by atoms with van der Waals surface area (Å²) < 4.78 is 16.7. The maximum absolute atomic E-state index is 13.6. The molecule has 202 valence electrons. The summed E-state index contributed by atoms with van der Waals surface area (Å²) in [5, 5.41) is 0. The van der Waals surface area contributed by atoms with E-state index < -0.39 is 0 Å². The van der Waals surface area contributed by atoms with Crippen LogP contribution in [-0.4, -0.2) is 63.2 Å². The number of carbonyl (C=O) groups excluding carboxylic acids is 1. The van der Waals surface area contributed by atoms with E-state index >= 15 is 0 Å². The molecule has 2 fully saturated rings. The van der Waals surface area contributed by atoms with Crippen LogP contribution in [0.25, 0.3) is 5.70 Å². The first kappa shape index (κ1) is 24.6. The number of para-hydroxylation sites is 1. The summed E-state index contributed by atoms with van der Waals surface area (Å²) in [6.45, 7) is 4.97. The van der Waals surface area contributed by atoms with Crippen molar-refractivity contribution in [2.24, 2.45) is 4.99 Å². The second-order valence-electron chi connectivity index (χ2n) is 10.2. The van der Waals surface area contributed by atoms with E-state index in [1.54, 1.807) is 7.11 Å². The van der Waals surface area contributed by atoms with Gasteiger partial charge in [-0.3, -0.25) is 9.69 Å². The number of carbonyl (C=O) groups is 1. The van der Waals surface area contributed by atoms with Gasteiger partial charge in [0.1, 0.15) is 12.4 Å². The Morgan fingerprint density at radius 1 is 1.00 bits per heavy atom. The van der Waals surface area contributed by atoms with Crippen LogP contribution in [0.2, 0.25) is 0 Å². The lowest BCUT2D eigenvalue weighted by Crippen LogP contribution is -2.35. The number of ether oxygens (including phenoxy) is 3. The molecular weight excluding hydrogens is 504 g/mol. The minimum Gasteiger partial charge on any atom is -0.489 e. The van der Waals surface area contributed by atoms with Gasteiger partial charge in [0.15, 0.2) is 11.5 Å². The van der Waals surface area contributed by atoms with Gasteiger partial charge in [-0.1, -0.05) is 24.3 Å². The lowest BCUT2D eigenvalue weighted by Gasteiger charge is -2.32. The van der Waals surface area contributed by atoms with Gasteiger partial charge in [-0.25, -0.2) is 4.99 Å². The highest BCUT2D eigenvalue weighted by Gasteiger charge is 2.36. The first-order valence-electron chi connectivity index (χ1n) is 13.8. The summed E-state index contributed by atoms with van der Waals surface area (Å²) in [7, 11) is 1.62. The third kappa shape index (κ3) is 4.42. The third-order valence-corrected chi connectivity index (χ3v) is 7.80. The molecule has 4 aliphatic heterocycles. The molecule has 3 aromatic rings. The predicted octanol–water partition coefficient (Wildman–Crippen LogP) is 4.82. The Kier molecular flexibility index (Phi) is 6.29. The third-order valence-electron chi connectivity index (χ3n) is 7.80. The lowest BCUT2D eigenvalue weighted by molar-refractivity contribution is 0.0783. The van der Waals surface area contributed by atoms with E-state index in [9.17, 15) is 4.79 Å². The van der Waals surface area contributed by atoms with Gasteiger partial charge in [-0.05, 0) is 48.9 Å². The van der Waals surface area contributed by atoms with Crippen LogP contribution < -0.4 is 14.5 Å². The molecule has 0 atom stereocenters. The van der Waals surface area contributed by atoms with Crippen molar-refractivity contribution >= 4 is 34.5 Å². The van der Waals surface area contributed by atoms with Crippen LogP contribution in [-0.2, 0) is 16.0 Å². The van der Waals surface area contributed by atoms with Crippen LogP contribution in [0.3, 0.4) is 0 Å². The normalized spacial score (nSPS) is 19.8. The number of aliphatic imine (C=N–C) groups is 1. The van der Waals surface area contributed by atoms with Crippen molar-refractivity contribution in [3.05, 3.63) is 89.2 Å². The van der Waals surface area contributed by atoms with Crippen molar-refractivity contribution < 1.29 is 19.0 Å². The summed E-state index contributed by atoms with van der Waals surface area (Å²) >= 11 is 0. The number of rotatable bonds is 6. The highest BCUT2D eigenvalue weighted by atomic mass is 16.6. The van der Waals surface area contributed by atoms with E-state index in [4.69, 9.17) is 19.2 Å². The second-order valence-corrected chi connectivity index (χ2v) is 10.2. The first-order valence-corrected chi connectivity index (χ1v) is 13.8. The molecule has 0 bridgehead atoms. The predicted molar refractivity (Wildman–Crippen MR) is 153 cm³/mol. The molecule has 0 saturated carbocycles. The van der Waals surface area contributed by atoms with E-state index in [0.29, 0.717) is 38.5 Å². The number of epoxide rings is 1. The van der Waals surface area contributed by atoms with Crippen molar-refractivity contribution in [2.45, 2.75) is 19.4 Å². The molecule has 2 saturated heterocycles. The van der Waals surface area contributed by atoms with Gasteiger partial charge in [-0.15, -0.1) is 0 Å². The topological polar surface area (TPSA) is 70.1 Å². The SMILES string of the molecule is COc1c#cc(N2C(CCN3Cc4c(cccc4N4CCCOCC4)C3=O)=Nc3ccccc3/C2=C2/CO2)cc1. The zero-order valence-corrected chi connectivity index (χ0v) is 22.5. The fourth-order valence-corrected chi connectivity index (χ4v) is 5.77. The van der Waals surface area contributed by atoms with Gasteiger partial charge < -0.3 is 24.0 Å². The van der Waals surface area contributed by atoms with Crippen molar-refractivity contribution in [3.8, 4) is 5.75 Å². The smallest absolute Gasteiger partial charge is 0.254 e. The van der Waals surface area contributed by atoms with Crippen molar-refractivity contribution in [1.82, 2.24) is 4.90 Å². The van der Waals surface area contributed by atoms with E-state index in [-0.39, 0.29) is 5.91 Å². The van der Waals surface area contributed by atoms with E-state index in [1.807, 2.05) is 47.4 Å². The molecule has 0 radical (unpaired) electrons. The molecule has 0 N–H and O–H groups in total.